The predicted molar refractivity (Wildman–Crippen MR) is 54.9 cm³/mol. The third-order valence-electron chi connectivity index (χ3n) is 1.57. The van der Waals surface area contributed by atoms with E-state index in [-0.39, 0.29) is 0 Å². The number of anilines is 1. The minimum atomic E-state index is -0.578. The summed E-state index contributed by atoms with van der Waals surface area (Å²) in [5, 5.41) is 3.56. The van der Waals surface area contributed by atoms with Gasteiger partial charge in [0.1, 0.15) is 16.1 Å². The molecule has 1 aromatic heterocycles. The van der Waals surface area contributed by atoms with Crippen molar-refractivity contribution in [2.24, 2.45) is 4.99 Å². The number of aromatic nitrogens is 1. The molecule has 1 atom stereocenters. The second-order valence-electron chi connectivity index (χ2n) is 2.43. The Balaban J connectivity index is 2.54. The van der Waals surface area contributed by atoms with Gasteiger partial charge in [-0.05, 0) is 12.1 Å². The molecule has 0 saturated carbocycles. The molecular formula is C7H4Cl3N3. The third-order valence-corrected chi connectivity index (χ3v) is 2.28. The Morgan fingerprint density at radius 2 is 2.08 bits per heavy atom. The molecular weight excluding hydrogens is 232 g/mol. The first-order chi connectivity index (χ1) is 6.16. The number of rotatable bonds is 0. The van der Waals surface area contributed by atoms with Crippen molar-refractivity contribution in [3.05, 3.63) is 22.8 Å². The summed E-state index contributed by atoms with van der Waals surface area (Å²) >= 11 is 17.3. The summed E-state index contributed by atoms with van der Waals surface area (Å²) in [6.45, 7) is 0. The molecule has 0 aromatic carbocycles. The molecule has 2 rings (SSSR count). The van der Waals surface area contributed by atoms with Gasteiger partial charge in [0.25, 0.3) is 0 Å². The first-order valence-corrected chi connectivity index (χ1v) is 4.67. The van der Waals surface area contributed by atoms with Gasteiger partial charge in [-0.25, -0.2) is 9.98 Å². The Kier molecular flexibility index (Phi) is 2.32. The average Bonchev–Trinajstić information content (AvgIpc) is 2.02. The van der Waals surface area contributed by atoms with Crippen LogP contribution in [-0.4, -0.2) is 15.8 Å². The lowest BCUT2D eigenvalue weighted by Crippen LogP contribution is -2.19. The summed E-state index contributed by atoms with van der Waals surface area (Å²) < 4.78 is 0. The van der Waals surface area contributed by atoms with E-state index < -0.39 is 5.62 Å². The van der Waals surface area contributed by atoms with Crippen LogP contribution < -0.4 is 5.32 Å². The van der Waals surface area contributed by atoms with Gasteiger partial charge >= 0.3 is 0 Å². The second kappa shape index (κ2) is 3.33. The van der Waals surface area contributed by atoms with Crippen molar-refractivity contribution in [1.29, 1.82) is 0 Å². The van der Waals surface area contributed by atoms with E-state index in [0.29, 0.717) is 21.7 Å². The molecule has 13 heavy (non-hydrogen) atoms. The van der Waals surface area contributed by atoms with E-state index >= 15 is 0 Å². The van der Waals surface area contributed by atoms with Crippen LogP contribution in [0.1, 0.15) is 5.56 Å². The SMILES string of the molecule is ClC1=NC(Cl)Nc2nc(Cl)ccc21. The van der Waals surface area contributed by atoms with E-state index in [2.05, 4.69) is 15.3 Å². The maximum Gasteiger partial charge on any atom is 0.198 e. The predicted octanol–water partition coefficient (Wildman–Crippen LogP) is 2.67. The molecule has 0 aliphatic carbocycles. The van der Waals surface area contributed by atoms with E-state index in [1.54, 1.807) is 12.1 Å². The third kappa shape index (κ3) is 1.73. The van der Waals surface area contributed by atoms with Gasteiger partial charge in [-0.15, -0.1) is 0 Å². The van der Waals surface area contributed by atoms with Crippen LogP contribution in [0.3, 0.4) is 0 Å². The van der Waals surface area contributed by atoms with Crippen LogP contribution in [0.15, 0.2) is 17.1 Å². The normalized spacial score (nSPS) is 20.2. The number of alkyl halides is 1. The molecule has 1 unspecified atom stereocenters. The molecule has 0 radical (unpaired) electrons. The smallest absolute Gasteiger partial charge is 0.198 e. The molecule has 1 aliphatic heterocycles. The van der Waals surface area contributed by atoms with Crippen LogP contribution in [0.5, 0.6) is 0 Å². The highest BCUT2D eigenvalue weighted by Crippen LogP contribution is 2.24. The van der Waals surface area contributed by atoms with Gasteiger partial charge in [0.15, 0.2) is 5.62 Å². The highest BCUT2D eigenvalue weighted by molar-refractivity contribution is 6.70. The van der Waals surface area contributed by atoms with Crippen molar-refractivity contribution in [2.75, 3.05) is 5.32 Å². The van der Waals surface area contributed by atoms with Gasteiger partial charge in [-0.3, -0.25) is 0 Å². The molecule has 0 amide bonds. The lowest BCUT2D eigenvalue weighted by molar-refractivity contribution is 1.01. The molecule has 1 N–H and O–H groups in total. The van der Waals surface area contributed by atoms with E-state index in [9.17, 15) is 0 Å². The fourth-order valence-corrected chi connectivity index (χ4v) is 1.67. The largest absolute Gasteiger partial charge is 0.335 e. The van der Waals surface area contributed by atoms with Crippen LogP contribution >= 0.6 is 34.8 Å². The standard InChI is InChI=1S/C7H4Cl3N3/c8-4-2-1-3-5(9)12-7(10)13-6(3)11-4/h1-2,7H,(H,11,13). The Morgan fingerprint density at radius 1 is 1.31 bits per heavy atom. The number of pyridine rings is 1. The van der Waals surface area contributed by atoms with Gasteiger partial charge in [0, 0.05) is 0 Å². The molecule has 0 spiro atoms. The van der Waals surface area contributed by atoms with E-state index in [1.165, 1.54) is 0 Å². The first-order valence-electron chi connectivity index (χ1n) is 3.47. The van der Waals surface area contributed by atoms with Crippen LogP contribution in [0, 0.1) is 0 Å². The molecule has 0 saturated heterocycles. The van der Waals surface area contributed by atoms with E-state index in [1.807, 2.05) is 0 Å². The number of halogens is 3. The van der Waals surface area contributed by atoms with Gasteiger partial charge in [-0.1, -0.05) is 34.8 Å². The van der Waals surface area contributed by atoms with E-state index in [4.69, 9.17) is 34.8 Å². The van der Waals surface area contributed by atoms with Crippen LogP contribution in [0.25, 0.3) is 0 Å². The summed E-state index contributed by atoms with van der Waals surface area (Å²) in [5.41, 5.74) is 0.133. The van der Waals surface area contributed by atoms with Crippen molar-refractivity contribution < 1.29 is 0 Å². The number of nitrogens with zero attached hydrogens (tertiary/aromatic N) is 2. The van der Waals surface area contributed by atoms with Crippen molar-refractivity contribution in [2.45, 2.75) is 5.62 Å². The molecule has 1 aromatic rings. The fourth-order valence-electron chi connectivity index (χ4n) is 1.03. The highest BCUT2D eigenvalue weighted by Gasteiger charge is 2.18. The maximum atomic E-state index is 5.84. The highest BCUT2D eigenvalue weighted by atomic mass is 35.5. The van der Waals surface area contributed by atoms with Crippen molar-refractivity contribution >= 4 is 45.8 Å². The molecule has 68 valence electrons. The Morgan fingerprint density at radius 3 is 2.85 bits per heavy atom. The van der Waals surface area contributed by atoms with Gasteiger partial charge in [0.05, 0.1) is 5.56 Å². The molecule has 0 fully saturated rings. The lowest BCUT2D eigenvalue weighted by atomic mass is 10.2. The number of fused-ring (bicyclic) bond motifs is 1. The van der Waals surface area contributed by atoms with Crippen molar-refractivity contribution in [3.63, 3.8) is 0 Å². The molecule has 6 heteroatoms. The number of nitrogens with one attached hydrogen (secondary N) is 1. The summed E-state index contributed by atoms with van der Waals surface area (Å²) in [5.74, 6) is 0.563. The summed E-state index contributed by atoms with van der Waals surface area (Å²) in [7, 11) is 0. The van der Waals surface area contributed by atoms with Gasteiger partial charge < -0.3 is 5.32 Å². The zero-order chi connectivity index (χ0) is 9.42. The average molecular weight is 236 g/mol. The van der Waals surface area contributed by atoms with Crippen LogP contribution in [0.2, 0.25) is 5.15 Å². The van der Waals surface area contributed by atoms with E-state index in [0.717, 1.165) is 0 Å². The Bertz CT molecular complexity index is 377. The van der Waals surface area contributed by atoms with Gasteiger partial charge in [-0.2, -0.15) is 0 Å². The zero-order valence-electron chi connectivity index (χ0n) is 6.26. The van der Waals surface area contributed by atoms with Crippen molar-refractivity contribution in [1.82, 2.24) is 4.98 Å². The fraction of sp³-hybridized carbons (Fsp3) is 0.143. The Hall–Kier alpha value is -0.510. The summed E-state index contributed by atoms with van der Waals surface area (Å²) in [6.07, 6.45) is 0. The topological polar surface area (TPSA) is 37.3 Å². The maximum absolute atomic E-state index is 5.84. The van der Waals surface area contributed by atoms with Gasteiger partial charge in [0.2, 0.25) is 0 Å². The lowest BCUT2D eigenvalue weighted by Gasteiger charge is -2.17. The molecule has 2 heterocycles. The van der Waals surface area contributed by atoms with Crippen LogP contribution in [-0.2, 0) is 0 Å². The first kappa shape index (κ1) is 9.06. The minimum Gasteiger partial charge on any atom is -0.335 e. The quantitative estimate of drug-likeness (QED) is 0.427. The number of hydrogen-bond donors (Lipinski definition) is 1. The number of hydrogen-bond acceptors (Lipinski definition) is 3. The number of aliphatic imine (C=N–C) groups is 1. The van der Waals surface area contributed by atoms with Crippen molar-refractivity contribution in [3.8, 4) is 0 Å². The molecule has 1 aliphatic rings. The van der Waals surface area contributed by atoms with Crippen LogP contribution in [0.4, 0.5) is 5.82 Å². The molecule has 0 bridgehead atoms. The monoisotopic (exact) mass is 235 g/mol. The second-order valence-corrected chi connectivity index (χ2v) is 3.59. The minimum absolute atomic E-state index is 0.345. The Labute approximate surface area is 89.7 Å². The summed E-state index contributed by atoms with van der Waals surface area (Å²) in [4.78, 5) is 7.93. The zero-order valence-corrected chi connectivity index (χ0v) is 8.53. The molecule has 3 nitrogen and oxygen atoms in total. The summed E-state index contributed by atoms with van der Waals surface area (Å²) in [6, 6.07) is 3.39.